The Morgan fingerprint density at radius 2 is 2.09 bits per heavy atom. The number of anilines is 2. The fraction of sp³-hybridized carbons (Fsp3) is 0.474. The Kier molecular flexibility index (Phi) is 8.53. The molecule has 2 heterocycles. The van der Waals surface area contributed by atoms with Gasteiger partial charge in [-0.3, -0.25) is 19.3 Å². The molecule has 35 heavy (non-hydrogen) atoms. The second kappa shape index (κ2) is 11.6. The summed E-state index contributed by atoms with van der Waals surface area (Å²) in [6.07, 6.45) is -3.89. The van der Waals surface area contributed by atoms with Crippen LogP contribution in [0.5, 0.6) is 0 Å². The van der Waals surface area contributed by atoms with Crippen molar-refractivity contribution in [2.24, 2.45) is 16.7 Å². The van der Waals surface area contributed by atoms with Gasteiger partial charge >= 0.3 is 12.5 Å². The summed E-state index contributed by atoms with van der Waals surface area (Å²) < 4.78 is 44.6. The molecule has 2 fully saturated rings. The normalized spacial score (nSPS) is 18.7. The number of benzene rings is 1. The van der Waals surface area contributed by atoms with Crippen molar-refractivity contribution in [3.63, 3.8) is 0 Å². The van der Waals surface area contributed by atoms with Crippen LogP contribution < -0.4 is 26.7 Å². The summed E-state index contributed by atoms with van der Waals surface area (Å²) in [6, 6.07) is 4.12. The quantitative estimate of drug-likeness (QED) is 0.179. The smallest absolute Gasteiger partial charge is 0.414 e. The third kappa shape index (κ3) is 6.63. The van der Waals surface area contributed by atoms with Gasteiger partial charge in [-0.2, -0.15) is 13.9 Å². The van der Waals surface area contributed by atoms with Crippen molar-refractivity contribution in [3.05, 3.63) is 24.0 Å². The third-order valence-electron chi connectivity index (χ3n) is 5.13. The molecule has 3 amide bonds. The molecule has 16 heteroatoms. The van der Waals surface area contributed by atoms with Crippen molar-refractivity contribution >= 4 is 35.6 Å². The SMILES string of the molecule is N/C=N\N(N)CC(=O)N1CCN(c2ccc(N3C[C@H](CNC(=O)C(F)F)OC3=O)cc2F)CCO1. The highest BCUT2D eigenvalue weighted by atomic mass is 19.3. The molecule has 1 aromatic rings. The largest absolute Gasteiger partial charge is 0.442 e. The number of hydrogen-bond donors (Lipinski definition) is 3. The molecule has 2 saturated heterocycles. The van der Waals surface area contributed by atoms with Gasteiger partial charge in [-0.1, -0.05) is 0 Å². The van der Waals surface area contributed by atoms with Gasteiger partial charge < -0.3 is 20.7 Å². The van der Waals surface area contributed by atoms with E-state index in [1.165, 1.54) is 12.1 Å². The lowest BCUT2D eigenvalue weighted by Crippen LogP contribution is -2.42. The van der Waals surface area contributed by atoms with Crippen molar-refractivity contribution in [1.29, 1.82) is 0 Å². The number of nitrogens with two attached hydrogens (primary N) is 2. The Balaban J connectivity index is 1.59. The van der Waals surface area contributed by atoms with Crippen LogP contribution in [0.2, 0.25) is 0 Å². The fourth-order valence-corrected chi connectivity index (χ4v) is 3.48. The number of nitrogens with one attached hydrogen (secondary N) is 1. The van der Waals surface area contributed by atoms with E-state index in [9.17, 15) is 27.6 Å². The van der Waals surface area contributed by atoms with E-state index < -0.39 is 36.3 Å². The molecule has 0 spiro atoms. The van der Waals surface area contributed by atoms with Gasteiger partial charge in [-0.05, 0) is 18.2 Å². The van der Waals surface area contributed by atoms with E-state index in [0.29, 0.717) is 0 Å². The average Bonchev–Trinajstić information content (AvgIpc) is 3.01. The molecule has 13 nitrogen and oxygen atoms in total. The number of cyclic esters (lactones) is 1. The van der Waals surface area contributed by atoms with Gasteiger partial charge in [0.1, 0.15) is 24.8 Å². The van der Waals surface area contributed by atoms with Crippen LogP contribution in [0.3, 0.4) is 0 Å². The molecular formula is C19H25F3N8O5. The zero-order chi connectivity index (χ0) is 25.5. The second-order valence-electron chi connectivity index (χ2n) is 7.48. The molecule has 1 atom stereocenters. The molecule has 3 rings (SSSR count). The number of carbonyl (C=O) groups is 3. The van der Waals surface area contributed by atoms with Crippen LogP contribution in [0, 0.1) is 5.82 Å². The molecule has 0 unspecified atom stereocenters. The van der Waals surface area contributed by atoms with E-state index in [0.717, 1.165) is 27.5 Å². The molecular weight excluding hydrogens is 477 g/mol. The number of nitrogens with zero attached hydrogens (tertiary/aromatic N) is 5. The van der Waals surface area contributed by atoms with Gasteiger partial charge in [-0.25, -0.2) is 25.2 Å². The van der Waals surface area contributed by atoms with Crippen LogP contribution in [-0.4, -0.2) is 92.8 Å². The Bertz CT molecular complexity index is 968. The molecule has 1 aromatic carbocycles. The minimum absolute atomic E-state index is 0.0534. The number of hydrazine groups is 1. The monoisotopic (exact) mass is 502 g/mol. The number of carbonyl (C=O) groups excluding carboxylic acids is 3. The molecule has 2 aliphatic heterocycles. The van der Waals surface area contributed by atoms with E-state index in [2.05, 4.69) is 5.10 Å². The van der Waals surface area contributed by atoms with Gasteiger partial charge in [0, 0.05) is 13.1 Å². The van der Waals surface area contributed by atoms with Crippen LogP contribution in [0.15, 0.2) is 23.3 Å². The van der Waals surface area contributed by atoms with Crippen molar-refractivity contribution < 1.29 is 37.1 Å². The third-order valence-corrected chi connectivity index (χ3v) is 5.13. The highest BCUT2D eigenvalue weighted by Crippen LogP contribution is 2.28. The number of alkyl halides is 2. The van der Waals surface area contributed by atoms with E-state index in [1.807, 2.05) is 5.32 Å². The van der Waals surface area contributed by atoms with E-state index in [-0.39, 0.29) is 57.3 Å². The molecule has 0 aromatic heterocycles. The van der Waals surface area contributed by atoms with Gasteiger partial charge in [0.15, 0.2) is 0 Å². The van der Waals surface area contributed by atoms with Gasteiger partial charge in [0.25, 0.3) is 11.8 Å². The lowest BCUT2D eigenvalue weighted by molar-refractivity contribution is -0.183. The maximum atomic E-state index is 15.0. The average molecular weight is 502 g/mol. The van der Waals surface area contributed by atoms with E-state index >= 15 is 0 Å². The predicted molar refractivity (Wildman–Crippen MR) is 116 cm³/mol. The Morgan fingerprint density at radius 3 is 2.77 bits per heavy atom. The van der Waals surface area contributed by atoms with Crippen molar-refractivity contribution in [2.75, 3.05) is 55.7 Å². The van der Waals surface area contributed by atoms with Crippen molar-refractivity contribution in [2.45, 2.75) is 12.5 Å². The van der Waals surface area contributed by atoms with Gasteiger partial charge in [-0.15, -0.1) is 0 Å². The first-order valence-corrected chi connectivity index (χ1v) is 10.5. The standard InChI is InChI=1S/C19H25F3N8O5/c20-14-7-12(28-9-13(35-19(28)33)8-25-18(32)17(21)22)1-2-15(14)27-3-4-29(34-6-5-27)16(31)10-30(24)26-11-23/h1-2,7,11,13,17H,3-6,8-10,24H2,(H2,23,26)(H,25,32)/t13-/m0/s1. The lowest BCUT2D eigenvalue weighted by atomic mass is 10.2. The number of rotatable bonds is 8. The summed E-state index contributed by atoms with van der Waals surface area (Å²) in [4.78, 5) is 43.7. The van der Waals surface area contributed by atoms with Crippen LogP contribution >= 0.6 is 0 Å². The van der Waals surface area contributed by atoms with Gasteiger partial charge in [0.2, 0.25) is 0 Å². The van der Waals surface area contributed by atoms with Crippen molar-refractivity contribution in [3.8, 4) is 0 Å². The summed E-state index contributed by atoms with van der Waals surface area (Å²) in [5.41, 5.74) is 5.55. The number of amides is 3. The van der Waals surface area contributed by atoms with E-state index in [1.54, 1.807) is 4.90 Å². The van der Waals surface area contributed by atoms with Crippen LogP contribution in [0.4, 0.5) is 29.3 Å². The lowest BCUT2D eigenvalue weighted by Gasteiger charge is -2.24. The Labute approximate surface area is 197 Å². The first-order chi connectivity index (χ1) is 16.7. The molecule has 0 bridgehead atoms. The highest BCUT2D eigenvalue weighted by molar-refractivity contribution is 5.90. The summed E-state index contributed by atoms with van der Waals surface area (Å²) in [5.74, 6) is 2.95. The predicted octanol–water partition coefficient (Wildman–Crippen LogP) is -0.810. The zero-order valence-corrected chi connectivity index (χ0v) is 18.5. The second-order valence-corrected chi connectivity index (χ2v) is 7.48. The first-order valence-electron chi connectivity index (χ1n) is 10.5. The zero-order valence-electron chi connectivity index (χ0n) is 18.5. The minimum atomic E-state index is -3.18. The van der Waals surface area contributed by atoms with Crippen LogP contribution in [-0.2, 0) is 19.2 Å². The van der Waals surface area contributed by atoms with Gasteiger partial charge in [0.05, 0.1) is 37.6 Å². The molecule has 0 saturated carbocycles. The van der Waals surface area contributed by atoms with E-state index in [4.69, 9.17) is 21.2 Å². The minimum Gasteiger partial charge on any atom is -0.442 e. The maximum Gasteiger partial charge on any atom is 0.414 e. The Hall–Kier alpha value is -3.79. The first kappa shape index (κ1) is 25.8. The number of hydrazone groups is 1. The molecule has 0 aliphatic carbocycles. The molecule has 2 aliphatic rings. The topological polar surface area (TPSA) is 159 Å². The maximum absolute atomic E-state index is 15.0. The highest BCUT2D eigenvalue weighted by Gasteiger charge is 2.33. The fourth-order valence-electron chi connectivity index (χ4n) is 3.48. The number of ether oxygens (including phenoxy) is 1. The summed E-state index contributed by atoms with van der Waals surface area (Å²) in [6.45, 7) is 0.148. The number of hydrogen-bond acceptors (Lipinski definition) is 9. The number of halogens is 3. The summed E-state index contributed by atoms with van der Waals surface area (Å²) in [7, 11) is 0. The summed E-state index contributed by atoms with van der Waals surface area (Å²) >= 11 is 0. The number of hydroxylamine groups is 2. The molecule has 0 radical (unpaired) electrons. The summed E-state index contributed by atoms with van der Waals surface area (Å²) in [5, 5.41) is 7.50. The Morgan fingerprint density at radius 1 is 1.31 bits per heavy atom. The van der Waals surface area contributed by atoms with Crippen molar-refractivity contribution in [1.82, 2.24) is 15.5 Å². The van der Waals surface area contributed by atoms with Crippen LogP contribution in [0.25, 0.3) is 0 Å². The van der Waals surface area contributed by atoms with Crippen LogP contribution in [0.1, 0.15) is 0 Å². The molecule has 5 N–H and O–H groups in total. The molecule has 192 valence electrons.